The number of nitrogens with zero attached hydrogens (tertiary/aromatic N) is 1. The zero-order valence-electron chi connectivity index (χ0n) is 7.58. The van der Waals surface area contributed by atoms with Crippen LogP contribution in [0.1, 0.15) is 22.8 Å². The highest BCUT2D eigenvalue weighted by Crippen LogP contribution is 2.18. The SMILES string of the molecule is CCOC(=O)c1ccc(C#N)cc1Cl. The van der Waals surface area contributed by atoms with Crippen LogP contribution in [0.4, 0.5) is 0 Å². The van der Waals surface area contributed by atoms with E-state index in [4.69, 9.17) is 21.6 Å². The van der Waals surface area contributed by atoms with Crippen molar-refractivity contribution in [3.05, 3.63) is 34.3 Å². The van der Waals surface area contributed by atoms with Gasteiger partial charge in [0.2, 0.25) is 0 Å². The molecule has 0 N–H and O–H groups in total. The van der Waals surface area contributed by atoms with Gasteiger partial charge < -0.3 is 4.74 Å². The minimum absolute atomic E-state index is 0.238. The quantitative estimate of drug-likeness (QED) is 0.703. The average molecular weight is 210 g/mol. The Morgan fingerprint density at radius 3 is 2.86 bits per heavy atom. The third-order valence-corrected chi connectivity index (χ3v) is 1.91. The van der Waals surface area contributed by atoms with Gasteiger partial charge in [0.25, 0.3) is 0 Å². The largest absolute Gasteiger partial charge is 0.462 e. The van der Waals surface area contributed by atoms with Gasteiger partial charge in [0.05, 0.1) is 28.8 Å². The Kier molecular flexibility index (Phi) is 3.49. The molecule has 0 aliphatic heterocycles. The van der Waals surface area contributed by atoms with Gasteiger partial charge in [-0.15, -0.1) is 0 Å². The van der Waals surface area contributed by atoms with Crippen molar-refractivity contribution < 1.29 is 9.53 Å². The smallest absolute Gasteiger partial charge is 0.339 e. The summed E-state index contributed by atoms with van der Waals surface area (Å²) in [5.74, 6) is -0.470. The average Bonchev–Trinajstić information content (AvgIpc) is 2.17. The molecule has 0 radical (unpaired) electrons. The second-order valence-electron chi connectivity index (χ2n) is 2.53. The van der Waals surface area contributed by atoms with E-state index in [0.29, 0.717) is 12.2 Å². The summed E-state index contributed by atoms with van der Waals surface area (Å²) in [5.41, 5.74) is 0.704. The van der Waals surface area contributed by atoms with Crippen molar-refractivity contribution in [2.75, 3.05) is 6.61 Å². The molecule has 0 heterocycles. The van der Waals surface area contributed by atoms with Gasteiger partial charge in [-0.25, -0.2) is 4.79 Å². The molecule has 0 fully saturated rings. The fraction of sp³-hybridized carbons (Fsp3) is 0.200. The first kappa shape index (κ1) is 10.6. The van der Waals surface area contributed by atoms with E-state index < -0.39 is 5.97 Å². The van der Waals surface area contributed by atoms with E-state index >= 15 is 0 Å². The number of nitriles is 1. The topological polar surface area (TPSA) is 50.1 Å². The lowest BCUT2D eigenvalue weighted by Gasteiger charge is -2.03. The van der Waals surface area contributed by atoms with E-state index in [9.17, 15) is 4.79 Å². The van der Waals surface area contributed by atoms with Gasteiger partial charge in [-0.05, 0) is 25.1 Å². The second-order valence-corrected chi connectivity index (χ2v) is 2.93. The molecule has 0 aliphatic rings. The summed E-state index contributed by atoms with van der Waals surface area (Å²) in [7, 11) is 0. The number of halogens is 1. The summed E-state index contributed by atoms with van der Waals surface area (Å²) in [6.45, 7) is 2.02. The first-order chi connectivity index (χ1) is 6.69. The molecule has 0 unspecified atom stereocenters. The summed E-state index contributed by atoms with van der Waals surface area (Å²) in [6.07, 6.45) is 0. The predicted molar refractivity (Wildman–Crippen MR) is 52.1 cm³/mol. The van der Waals surface area contributed by atoms with Gasteiger partial charge in [0.15, 0.2) is 0 Å². The molecule has 0 aromatic heterocycles. The van der Waals surface area contributed by atoms with Crippen molar-refractivity contribution in [2.24, 2.45) is 0 Å². The normalized spacial score (nSPS) is 9.21. The first-order valence-electron chi connectivity index (χ1n) is 4.05. The van der Waals surface area contributed by atoms with Crippen LogP contribution in [0, 0.1) is 11.3 Å². The maximum atomic E-state index is 11.3. The highest BCUT2D eigenvalue weighted by atomic mass is 35.5. The first-order valence-corrected chi connectivity index (χ1v) is 4.43. The van der Waals surface area contributed by atoms with E-state index in [2.05, 4.69) is 0 Å². The molecule has 0 aliphatic carbocycles. The zero-order valence-corrected chi connectivity index (χ0v) is 8.34. The van der Waals surface area contributed by atoms with E-state index in [1.807, 2.05) is 6.07 Å². The number of benzene rings is 1. The Hall–Kier alpha value is -1.53. The molecule has 4 heteroatoms. The third-order valence-electron chi connectivity index (χ3n) is 1.59. The molecule has 1 rings (SSSR count). The lowest BCUT2D eigenvalue weighted by Crippen LogP contribution is -2.05. The summed E-state index contributed by atoms with van der Waals surface area (Å²) in [5, 5.41) is 8.81. The fourth-order valence-electron chi connectivity index (χ4n) is 0.959. The minimum atomic E-state index is -0.470. The van der Waals surface area contributed by atoms with Crippen molar-refractivity contribution >= 4 is 17.6 Å². The molecular formula is C10H8ClNO2. The van der Waals surface area contributed by atoms with Crippen molar-refractivity contribution in [2.45, 2.75) is 6.92 Å². The molecule has 72 valence electrons. The number of rotatable bonds is 2. The minimum Gasteiger partial charge on any atom is -0.462 e. The molecule has 0 amide bonds. The summed E-state index contributed by atoms with van der Waals surface area (Å²) < 4.78 is 4.78. The number of carbonyl (C=O) groups excluding carboxylic acids is 1. The van der Waals surface area contributed by atoms with E-state index in [1.54, 1.807) is 6.92 Å². The summed E-state index contributed by atoms with van der Waals surface area (Å²) in [4.78, 5) is 11.3. The van der Waals surface area contributed by atoms with E-state index in [1.165, 1.54) is 18.2 Å². The standard InChI is InChI=1S/C10H8ClNO2/c1-2-14-10(13)8-4-3-7(6-12)5-9(8)11/h3-5H,2H2,1H3. The van der Waals surface area contributed by atoms with Crippen molar-refractivity contribution in [1.29, 1.82) is 5.26 Å². The molecule has 14 heavy (non-hydrogen) atoms. The van der Waals surface area contributed by atoms with Gasteiger partial charge >= 0.3 is 5.97 Å². The fourth-order valence-corrected chi connectivity index (χ4v) is 1.22. The molecule has 3 nitrogen and oxygen atoms in total. The predicted octanol–water partition coefficient (Wildman–Crippen LogP) is 2.39. The Morgan fingerprint density at radius 1 is 1.64 bits per heavy atom. The highest BCUT2D eigenvalue weighted by Gasteiger charge is 2.11. The van der Waals surface area contributed by atoms with Crippen LogP contribution in [0.5, 0.6) is 0 Å². The van der Waals surface area contributed by atoms with E-state index in [-0.39, 0.29) is 10.6 Å². The lowest BCUT2D eigenvalue weighted by atomic mass is 10.1. The third kappa shape index (κ3) is 2.24. The van der Waals surface area contributed by atoms with Crippen molar-refractivity contribution in [3.8, 4) is 6.07 Å². The number of carbonyl (C=O) groups is 1. The van der Waals surface area contributed by atoms with Gasteiger partial charge in [-0.1, -0.05) is 11.6 Å². The van der Waals surface area contributed by atoms with E-state index in [0.717, 1.165) is 0 Å². The van der Waals surface area contributed by atoms with Crippen LogP contribution in [-0.2, 0) is 4.74 Å². The number of hydrogen-bond donors (Lipinski definition) is 0. The van der Waals surface area contributed by atoms with Gasteiger partial charge in [-0.2, -0.15) is 5.26 Å². The second kappa shape index (κ2) is 4.64. The van der Waals surface area contributed by atoms with Crippen LogP contribution < -0.4 is 0 Å². The van der Waals surface area contributed by atoms with Crippen LogP contribution in [-0.4, -0.2) is 12.6 Å². The Bertz CT molecular complexity index is 396. The van der Waals surface area contributed by atoms with Gasteiger partial charge in [-0.3, -0.25) is 0 Å². The van der Waals surface area contributed by atoms with Crippen LogP contribution in [0.15, 0.2) is 18.2 Å². The maximum Gasteiger partial charge on any atom is 0.339 e. The Labute approximate surface area is 86.9 Å². The van der Waals surface area contributed by atoms with Crippen LogP contribution in [0.2, 0.25) is 5.02 Å². The number of esters is 1. The molecule has 1 aromatic carbocycles. The van der Waals surface area contributed by atoms with Crippen LogP contribution in [0.3, 0.4) is 0 Å². The Balaban J connectivity index is 3.01. The molecule has 0 saturated carbocycles. The van der Waals surface area contributed by atoms with Crippen molar-refractivity contribution in [1.82, 2.24) is 0 Å². The summed E-state index contributed by atoms with van der Waals surface area (Å²) in [6, 6.07) is 6.38. The zero-order chi connectivity index (χ0) is 10.6. The summed E-state index contributed by atoms with van der Waals surface area (Å²) >= 11 is 5.79. The molecule has 0 atom stereocenters. The highest BCUT2D eigenvalue weighted by molar-refractivity contribution is 6.33. The van der Waals surface area contributed by atoms with Crippen LogP contribution in [0.25, 0.3) is 0 Å². The molecule has 0 saturated heterocycles. The van der Waals surface area contributed by atoms with Crippen LogP contribution >= 0.6 is 11.6 Å². The number of ether oxygens (including phenoxy) is 1. The molecular weight excluding hydrogens is 202 g/mol. The van der Waals surface area contributed by atoms with Gasteiger partial charge in [0.1, 0.15) is 0 Å². The monoisotopic (exact) mass is 209 g/mol. The lowest BCUT2D eigenvalue weighted by molar-refractivity contribution is 0.0526. The molecule has 0 bridgehead atoms. The number of hydrogen-bond acceptors (Lipinski definition) is 3. The maximum absolute atomic E-state index is 11.3. The molecule has 0 spiro atoms. The molecule has 1 aromatic rings. The van der Waals surface area contributed by atoms with Crippen molar-refractivity contribution in [3.63, 3.8) is 0 Å². The van der Waals surface area contributed by atoms with Gasteiger partial charge in [0, 0.05) is 0 Å². The Morgan fingerprint density at radius 2 is 2.36 bits per heavy atom.